The Labute approximate surface area is 104 Å². The first-order valence-corrected chi connectivity index (χ1v) is 6.41. The van der Waals surface area contributed by atoms with Crippen LogP contribution in [0, 0.1) is 5.92 Å². The Morgan fingerprint density at radius 2 is 2.24 bits per heavy atom. The maximum Gasteiger partial charge on any atom is 0.121 e. The van der Waals surface area contributed by atoms with Crippen LogP contribution in [0.5, 0.6) is 5.75 Å². The summed E-state index contributed by atoms with van der Waals surface area (Å²) in [6, 6.07) is 7.60. The Bertz CT molecular complexity index is 350. The first-order chi connectivity index (χ1) is 8.24. The van der Waals surface area contributed by atoms with Gasteiger partial charge in [0.25, 0.3) is 0 Å². The van der Waals surface area contributed by atoms with E-state index < -0.39 is 0 Å². The van der Waals surface area contributed by atoms with Crippen molar-refractivity contribution < 1.29 is 4.74 Å². The van der Waals surface area contributed by atoms with Crippen LogP contribution in [-0.4, -0.2) is 31.6 Å². The van der Waals surface area contributed by atoms with Gasteiger partial charge < -0.3 is 15.4 Å². The highest BCUT2D eigenvalue weighted by Gasteiger charge is 2.18. The second-order valence-corrected chi connectivity index (χ2v) is 4.98. The van der Waals surface area contributed by atoms with Crippen molar-refractivity contribution in [3.63, 3.8) is 0 Å². The van der Waals surface area contributed by atoms with E-state index in [0.29, 0.717) is 0 Å². The van der Waals surface area contributed by atoms with Crippen molar-refractivity contribution in [2.75, 3.05) is 32.5 Å². The Morgan fingerprint density at radius 1 is 1.41 bits per heavy atom. The van der Waals surface area contributed by atoms with Gasteiger partial charge in [0.1, 0.15) is 12.4 Å². The molecule has 0 radical (unpaired) electrons. The van der Waals surface area contributed by atoms with Gasteiger partial charge in [0, 0.05) is 24.8 Å². The highest BCUT2D eigenvalue weighted by atomic mass is 16.5. The van der Waals surface area contributed by atoms with E-state index in [-0.39, 0.29) is 0 Å². The number of anilines is 1. The van der Waals surface area contributed by atoms with Crippen molar-refractivity contribution in [2.45, 2.75) is 19.3 Å². The number of hydrogen-bond donors (Lipinski definition) is 1. The predicted octanol–water partition coefficient (Wildman–Crippen LogP) is 2.38. The molecule has 0 unspecified atom stereocenters. The van der Waals surface area contributed by atoms with Crippen molar-refractivity contribution in [1.29, 1.82) is 0 Å². The molecule has 2 N–H and O–H groups in total. The lowest BCUT2D eigenvalue weighted by molar-refractivity contribution is 0.177. The molecule has 1 aromatic carbocycles. The van der Waals surface area contributed by atoms with Crippen molar-refractivity contribution in [2.24, 2.45) is 5.92 Å². The zero-order chi connectivity index (χ0) is 12.1. The maximum absolute atomic E-state index is 5.69. The van der Waals surface area contributed by atoms with Crippen molar-refractivity contribution >= 4 is 5.69 Å². The third kappa shape index (κ3) is 3.93. The van der Waals surface area contributed by atoms with Gasteiger partial charge in [0.05, 0.1) is 0 Å². The molecule has 0 bridgehead atoms. The number of rotatable bonds is 6. The largest absolute Gasteiger partial charge is 0.492 e. The summed E-state index contributed by atoms with van der Waals surface area (Å²) in [5.74, 6) is 1.79. The molecule has 0 spiro atoms. The van der Waals surface area contributed by atoms with Gasteiger partial charge in [-0.1, -0.05) is 12.5 Å². The number of benzene rings is 1. The van der Waals surface area contributed by atoms with E-state index in [4.69, 9.17) is 10.5 Å². The lowest BCUT2D eigenvalue weighted by Crippen LogP contribution is -2.32. The number of ether oxygens (including phenoxy) is 1. The first kappa shape index (κ1) is 12.2. The van der Waals surface area contributed by atoms with E-state index >= 15 is 0 Å². The summed E-state index contributed by atoms with van der Waals surface area (Å²) in [6.45, 7) is 2.91. The summed E-state index contributed by atoms with van der Waals surface area (Å²) in [7, 11) is 2.17. The van der Waals surface area contributed by atoms with Crippen LogP contribution in [-0.2, 0) is 0 Å². The van der Waals surface area contributed by atoms with Gasteiger partial charge in [-0.05, 0) is 37.9 Å². The molecule has 1 fully saturated rings. The molecule has 1 saturated carbocycles. The SMILES string of the molecule is CN(CCOc1cccc(N)c1)CC1CCC1. The van der Waals surface area contributed by atoms with Gasteiger partial charge in [0.2, 0.25) is 0 Å². The smallest absolute Gasteiger partial charge is 0.121 e. The monoisotopic (exact) mass is 234 g/mol. The van der Waals surface area contributed by atoms with Gasteiger partial charge >= 0.3 is 0 Å². The molecule has 1 aromatic rings. The molecule has 0 amide bonds. The topological polar surface area (TPSA) is 38.5 Å². The van der Waals surface area contributed by atoms with Crippen LogP contribution in [0.4, 0.5) is 5.69 Å². The van der Waals surface area contributed by atoms with Crippen molar-refractivity contribution in [1.82, 2.24) is 4.90 Å². The molecule has 2 rings (SSSR count). The van der Waals surface area contributed by atoms with Crippen molar-refractivity contribution in [3.8, 4) is 5.75 Å². The Morgan fingerprint density at radius 3 is 2.88 bits per heavy atom. The summed E-state index contributed by atoms with van der Waals surface area (Å²) in [6.07, 6.45) is 4.22. The number of likely N-dealkylation sites (N-methyl/N-ethyl adjacent to an activating group) is 1. The quantitative estimate of drug-likeness (QED) is 0.768. The summed E-state index contributed by atoms with van der Waals surface area (Å²) in [4.78, 5) is 2.36. The molecule has 0 heterocycles. The van der Waals surface area contributed by atoms with Crippen LogP contribution in [0.15, 0.2) is 24.3 Å². The minimum absolute atomic E-state index is 0.729. The molecule has 17 heavy (non-hydrogen) atoms. The Hall–Kier alpha value is -1.22. The standard InChI is InChI=1S/C14H22N2O/c1-16(11-12-4-2-5-12)8-9-17-14-7-3-6-13(15)10-14/h3,6-7,10,12H,2,4-5,8-9,11,15H2,1H3. The molecule has 1 aliphatic rings. The summed E-state index contributed by atoms with van der Waals surface area (Å²) in [5, 5.41) is 0. The fraction of sp³-hybridized carbons (Fsp3) is 0.571. The van der Waals surface area contributed by atoms with Crippen LogP contribution in [0.25, 0.3) is 0 Å². The normalized spacial score (nSPS) is 15.9. The highest BCUT2D eigenvalue weighted by Crippen LogP contribution is 2.26. The third-order valence-electron chi connectivity index (χ3n) is 3.39. The average Bonchev–Trinajstić information content (AvgIpc) is 2.24. The lowest BCUT2D eigenvalue weighted by atomic mass is 9.85. The van der Waals surface area contributed by atoms with E-state index in [1.807, 2.05) is 24.3 Å². The van der Waals surface area contributed by atoms with Gasteiger partial charge in [-0.3, -0.25) is 0 Å². The second-order valence-electron chi connectivity index (χ2n) is 4.98. The molecule has 94 valence electrons. The maximum atomic E-state index is 5.69. The molecule has 0 aromatic heterocycles. The molecule has 1 aliphatic carbocycles. The molecular weight excluding hydrogens is 212 g/mol. The second kappa shape index (κ2) is 5.92. The van der Waals surface area contributed by atoms with E-state index in [2.05, 4.69) is 11.9 Å². The fourth-order valence-corrected chi connectivity index (χ4v) is 2.13. The number of nitrogen functional groups attached to an aromatic ring is 1. The van der Waals surface area contributed by atoms with Gasteiger partial charge in [-0.15, -0.1) is 0 Å². The van der Waals surface area contributed by atoms with E-state index in [9.17, 15) is 0 Å². The molecule has 0 atom stereocenters. The van der Waals surface area contributed by atoms with E-state index in [1.54, 1.807) is 0 Å². The predicted molar refractivity (Wildman–Crippen MR) is 71.2 cm³/mol. The summed E-state index contributed by atoms with van der Waals surface area (Å²) in [5.41, 5.74) is 6.45. The molecule has 3 nitrogen and oxygen atoms in total. The van der Waals surface area contributed by atoms with Crippen LogP contribution in [0.3, 0.4) is 0 Å². The summed E-state index contributed by atoms with van der Waals surface area (Å²) >= 11 is 0. The lowest BCUT2D eigenvalue weighted by Gasteiger charge is -2.30. The van der Waals surface area contributed by atoms with Gasteiger partial charge in [-0.25, -0.2) is 0 Å². The van der Waals surface area contributed by atoms with Gasteiger partial charge in [0.15, 0.2) is 0 Å². The third-order valence-corrected chi connectivity index (χ3v) is 3.39. The number of nitrogens with zero attached hydrogens (tertiary/aromatic N) is 1. The van der Waals surface area contributed by atoms with Crippen LogP contribution in [0.1, 0.15) is 19.3 Å². The zero-order valence-corrected chi connectivity index (χ0v) is 10.6. The van der Waals surface area contributed by atoms with Crippen molar-refractivity contribution in [3.05, 3.63) is 24.3 Å². The first-order valence-electron chi connectivity index (χ1n) is 6.41. The van der Waals surface area contributed by atoms with Crippen LogP contribution < -0.4 is 10.5 Å². The number of nitrogens with two attached hydrogens (primary N) is 1. The minimum atomic E-state index is 0.729. The van der Waals surface area contributed by atoms with E-state index in [0.717, 1.165) is 30.5 Å². The molecule has 0 saturated heterocycles. The Kier molecular flexibility index (Phi) is 4.26. The Balaban J connectivity index is 1.64. The van der Waals surface area contributed by atoms with Crippen LogP contribution >= 0.6 is 0 Å². The zero-order valence-electron chi connectivity index (χ0n) is 10.6. The fourth-order valence-electron chi connectivity index (χ4n) is 2.13. The number of hydrogen-bond acceptors (Lipinski definition) is 3. The minimum Gasteiger partial charge on any atom is -0.492 e. The molecule has 3 heteroatoms. The van der Waals surface area contributed by atoms with E-state index in [1.165, 1.54) is 25.8 Å². The molecule has 0 aliphatic heterocycles. The molecular formula is C14H22N2O. The highest BCUT2D eigenvalue weighted by molar-refractivity contribution is 5.43. The summed E-state index contributed by atoms with van der Waals surface area (Å²) < 4.78 is 5.67. The van der Waals surface area contributed by atoms with Crippen LogP contribution in [0.2, 0.25) is 0 Å². The van der Waals surface area contributed by atoms with Gasteiger partial charge in [-0.2, -0.15) is 0 Å². The average molecular weight is 234 g/mol.